The minimum absolute atomic E-state index is 0.426. The molecule has 3 nitrogen and oxygen atoms in total. The minimum Gasteiger partial charge on any atom is -0.507 e. The molecule has 0 radical (unpaired) electrons. The number of hydrogen-bond donors (Lipinski definition) is 1. The summed E-state index contributed by atoms with van der Waals surface area (Å²) in [6.07, 6.45) is -4.80. The summed E-state index contributed by atoms with van der Waals surface area (Å²) in [4.78, 5) is 11.2. The van der Waals surface area contributed by atoms with Gasteiger partial charge < -0.3 is 5.11 Å². The number of rotatable bonds is 2. The Hall–Kier alpha value is -1.74. The zero-order chi connectivity index (χ0) is 13.2. The molecule has 0 atom stereocenters. The first kappa shape index (κ1) is 13.3. The van der Waals surface area contributed by atoms with Crippen molar-refractivity contribution in [1.82, 2.24) is 0 Å². The van der Waals surface area contributed by atoms with Crippen LogP contribution in [0.5, 0.6) is 5.75 Å². The predicted molar refractivity (Wildman–Crippen MR) is 52.9 cm³/mol. The number of alkyl halides is 4. The summed E-state index contributed by atoms with van der Waals surface area (Å²) >= 11 is 5.17. The fraction of sp³-hybridized carbons (Fsp3) is 0.200. The summed E-state index contributed by atoms with van der Waals surface area (Å²) in [5.74, 6) is -2.30. The van der Waals surface area contributed by atoms with Crippen molar-refractivity contribution in [3.8, 4) is 11.8 Å². The van der Waals surface area contributed by atoms with Crippen LogP contribution < -0.4 is 0 Å². The average molecular weight is 264 g/mol. The van der Waals surface area contributed by atoms with E-state index in [9.17, 15) is 23.1 Å². The molecule has 90 valence electrons. The maximum absolute atomic E-state index is 12.6. The monoisotopic (exact) mass is 263 g/mol. The quantitative estimate of drug-likeness (QED) is 0.659. The number of phenols is 1. The van der Waals surface area contributed by atoms with Gasteiger partial charge in [-0.15, -0.1) is 11.6 Å². The number of nitriles is 1. The van der Waals surface area contributed by atoms with Crippen molar-refractivity contribution in [3.63, 3.8) is 0 Å². The molecular formula is C10H5ClF3NO2. The molecule has 0 unspecified atom stereocenters. The highest BCUT2D eigenvalue weighted by molar-refractivity contribution is 6.30. The van der Waals surface area contributed by atoms with Gasteiger partial charge in [0.2, 0.25) is 0 Å². The van der Waals surface area contributed by atoms with Gasteiger partial charge in [0, 0.05) is 5.56 Å². The fourth-order valence-electron chi connectivity index (χ4n) is 1.22. The SMILES string of the molecule is N#Cc1cc(C(F)(F)F)c(C(=O)CCl)cc1O. The van der Waals surface area contributed by atoms with E-state index < -0.39 is 40.3 Å². The second kappa shape index (κ2) is 4.63. The number of carbonyl (C=O) groups is 1. The highest BCUT2D eigenvalue weighted by Gasteiger charge is 2.36. The molecule has 1 N–H and O–H groups in total. The van der Waals surface area contributed by atoms with Crippen LogP contribution in [0.3, 0.4) is 0 Å². The molecule has 0 aliphatic carbocycles. The third kappa shape index (κ3) is 2.68. The summed E-state index contributed by atoms with van der Waals surface area (Å²) in [5, 5.41) is 17.7. The van der Waals surface area contributed by atoms with Gasteiger partial charge in [0.25, 0.3) is 0 Å². The number of halogens is 4. The molecule has 17 heavy (non-hydrogen) atoms. The summed E-state index contributed by atoms with van der Waals surface area (Å²) in [5.41, 5.74) is -2.58. The third-order valence-corrected chi connectivity index (χ3v) is 2.23. The summed E-state index contributed by atoms with van der Waals surface area (Å²) in [6.45, 7) is 0. The molecule has 0 bridgehead atoms. The number of phenolic OH excluding ortho intramolecular Hbond substituents is 1. The lowest BCUT2D eigenvalue weighted by atomic mass is 10.00. The number of aromatic hydroxyl groups is 1. The van der Waals surface area contributed by atoms with Crippen molar-refractivity contribution in [3.05, 3.63) is 28.8 Å². The number of carbonyl (C=O) groups excluding carboxylic acids is 1. The van der Waals surface area contributed by atoms with E-state index in [4.69, 9.17) is 16.9 Å². The molecule has 1 rings (SSSR count). The third-order valence-electron chi connectivity index (χ3n) is 1.98. The lowest BCUT2D eigenvalue weighted by Gasteiger charge is -2.12. The van der Waals surface area contributed by atoms with Gasteiger partial charge in [-0.2, -0.15) is 18.4 Å². The van der Waals surface area contributed by atoms with Crippen molar-refractivity contribution in [1.29, 1.82) is 5.26 Å². The Kier molecular flexibility index (Phi) is 3.63. The maximum Gasteiger partial charge on any atom is 0.417 e. The van der Waals surface area contributed by atoms with E-state index in [1.807, 2.05) is 0 Å². The first-order chi connectivity index (χ1) is 7.81. The Labute approximate surface area is 99.0 Å². The number of ketones is 1. The zero-order valence-electron chi connectivity index (χ0n) is 8.18. The molecular weight excluding hydrogens is 259 g/mol. The van der Waals surface area contributed by atoms with Crippen LogP contribution in [0.2, 0.25) is 0 Å². The molecule has 0 amide bonds. The highest BCUT2D eigenvalue weighted by Crippen LogP contribution is 2.35. The van der Waals surface area contributed by atoms with E-state index in [1.54, 1.807) is 0 Å². The van der Waals surface area contributed by atoms with Crippen molar-refractivity contribution < 1.29 is 23.1 Å². The Balaban J connectivity index is 3.54. The molecule has 1 aromatic rings. The van der Waals surface area contributed by atoms with Crippen LogP contribution in [0.15, 0.2) is 12.1 Å². The van der Waals surface area contributed by atoms with Crippen LogP contribution in [0, 0.1) is 11.3 Å². The van der Waals surface area contributed by atoms with E-state index in [0.29, 0.717) is 12.1 Å². The molecule has 0 aliphatic rings. The van der Waals surface area contributed by atoms with Gasteiger partial charge in [-0.3, -0.25) is 4.79 Å². The molecule has 1 aromatic carbocycles. The molecule has 7 heteroatoms. The van der Waals surface area contributed by atoms with Crippen LogP contribution >= 0.6 is 11.6 Å². The number of nitrogens with zero attached hydrogens (tertiary/aromatic N) is 1. The second-order valence-corrected chi connectivity index (χ2v) is 3.35. The maximum atomic E-state index is 12.6. The standard InChI is InChI=1S/C10H5ClF3NO2/c11-3-9(17)6-2-8(16)5(4-15)1-7(6)10(12,13)14/h1-2,16H,3H2. The van der Waals surface area contributed by atoms with Crippen LogP contribution in [0.1, 0.15) is 21.5 Å². The first-order valence-electron chi connectivity index (χ1n) is 4.24. The Bertz CT molecular complexity index is 505. The zero-order valence-corrected chi connectivity index (χ0v) is 8.93. The van der Waals surface area contributed by atoms with E-state index >= 15 is 0 Å². The van der Waals surface area contributed by atoms with E-state index in [2.05, 4.69) is 0 Å². The van der Waals surface area contributed by atoms with E-state index in [0.717, 1.165) is 0 Å². The van der Waals surface area contributed by atoms with Gasteiger partial charge in [0.15, 0.2) is 5.78 Å². The largest absolute Gasteiger partial charge is 0.507 e. The molecule has 0 saturated carbocycles. The Morgan fingerprint density at radius 3 is 2.47 bits per heavy atom. The van der Waals surface area contributed by atoms with E-state index in [-0.39, 0.29) is 0 Å². The van der Waals surface area contributed by atoms with Gasteiger partial charge in [0.05, 0.1) is 17.0 Å². The Morgan fingerprint density at radius 2 is 2.06 bits per heavy atom. The smallest absolute Gasteiger partial charge is 0.417 e. The topological polar surface area (TPSA) is 61.1 Å². The summed E-state index contributed by atoms with van der Waals surface area (Å²) in [7, 11) is 0. The first-order valence-corrected chi connectivity index (χ1v) is 4.78. The van der Waals surface area contributed by atoms with Gasteiger partial charge in [0.1, 0.15) is 11.8 Å². The summed E-state index contributed by atoms with van der Waals surface area (Å²) < 4.78 is 37.8. The molecule has 0 aliphatic heterocycles. The lowest BCUT2D eigenvalue weighted by molar-refractivity contribution is -0.137. The van der Waals surface area contributed by atoms with Gasteiger partial charge in [-0.1, -0.05) is 0 Å². The van der Waals surface area contributed by atoms with Crippen molar-refractivity contribution in [2.45, 2.75) is 6.18 Å². The van der Waals surface area contributed by atoms with Gasteiger partial charge >= 0.3 is 6.18 Å². The van der Waals surface area contributed by atoms with Crippen LogP contribution in [-0.4, -0.2) is 16.8 Å². The van der Waals surface area contributed by atoms with Crippen molar-refractivity contribution in [2.75, 3.05) is 5.88 Å². The van der Waals surface area contributed by atoms with Crippen LogP contribution in [-0.2, 0) is 6.18 Å². The van der Waals surface area contributed by atoms with Crippen molar-refractivity contribution >= 4 is 17.4 Å². The molecule has 0 saturated heterocycles. The Morgan fingerprint density at radius 1 is 1.47 bits per heavy atom. The molecule has 0 spiro atoms. The minimum atomic E-state index is -4.80. The van der Waals surface area contributed by atoms with E-state index in [1.165, 1.54) is 6.07 Å². The van der Waals surface area contributed by atoms with Crippen LogP contribution in [0.4, 0.5) is 13.2 Å². The summed E-state index contributed by atoms with van der Waals surface area (Å²) in [6, 6.07) is 2.43. The fourth-order valence-corrected chi connectivity index (χ4v) is 1.36. The van der Waals surface area contributed by atoms with Gasteiger partial charge in [-0.25, -0.2) is 0 Å². The normalized spacial score (nSPS) is 11.0. The second-order valence-electron chi connectivity index (χ2n) is 3.08. The highest BCUT2D eigenvalue weighted by atomic mass is 35.5. The number of hydrogen-bond acceptors (Lipinski definition) is 3. The number of Topliss-reactive ketones (excluding diaryl/α,β-unsaturated/α-hetero) is 1. The van der Waals surface area contributed by atoms with Crippen molar-refractivity contribution in [2.24, 2.45) is 0 Å². The molecule has 0 heterocycles. The number of benzene rings is 1. The van der Waals surface area contributed by atoms with Gasteiger partial charge in [-0.05, 0) is 12.1 Å². The molecule has 0 aromatic heterocycles. The predicted octanol–water partition coefficient (Wildman–Crippen LogP) is 2.70. The average Bonchev–Trinajstić information content (AvgIpc) is 2.26. The van der Waals surface area contributed by atoms with Crippen LogP contribution in [0.25, 0.3) is 0 Å². The molecule has 0 fully saturated rings. The lowest BCUT2D eigenvalue weighted by Crippen LogP contribution is -2.14.